The number of sulfonamides is 1. The van der Waals surface area contributed by atoms with E-state index in [1.54, 1.807) is 32.9 Å². The number of carbonyl (C=O) groups is 1. The maximum atomic E-state index is 13.5. The van der Waals surface area contributed by atoms with Gasteiger partial charge >= 0.3 is 0 Å². The predicted molar refractivity (Wildman–Crippen MR) is 112 cm³/mol. The molecule has 156 valence electrons. The lowest BCUT2D eigenvalue weighted by Gasteiger charge is -2.30. The van der Waals surface area contributed by atoms with Crippen molar-refractivity contribution in [3.63, 3.8) is 0 Å². The van der Waals surface area contributed by atoms with E-state index in [9.17, 15) is 17.6 Å². The lowest BCUT2D eigenvalue weighted by molar-refractivity contribution is 0.102. The molecule has 0 saturated carbocycles. The molecule has 3 rings (SSSR count). The zero-order valence-electron chi connectivity index (χ0n) is 17.3. The molecular formula is C22H27FN2O3S. The molecule has 0 unspecified atom stereocenters. The smallest absolute Gasteiger partial charge is 0.255 e. The summed E-state index contributed by atoms with van der Waals surface area (Å²) >= 11 is 0. The number of nitrogens with zero attached hydrogens (tertiary/aromatic N) is 1. The van der Waals surface area contributed by atoms with E-state index in [-0.39, 0.29) is 10.5 Å². The number of hydrogen-bond acceptors (Lipinski definition) is 3. The van der Waals surface area contributed by atoms with Crippen LogP contribution in [-0.4, -0.2) is 31.7 Å². The van der Waals surface area contributed by atoms with E-state index < -0.39 is 21.7 Å². The minimum absolute atomic E-state index is 0.160. The summed E-state index contributed by atoms with van der Waals surface area (Å²) in [5.41, 5.74) is 2.68. The summed E-state index contributed by atoms with van der Waals surface area (Å²) in [4.78, 5) is 13.0. The number of nitrogens with one attached hydrogen (secondary N) is 1. The number of carbonyl (C=O) groups excluding carboxylic acids is 1. The third-order valence-corrected chi connectivity index (χ3v) is 7.71. The topological polar surface area (TPSA) is 66.5 Å². The van der Waals surface area contributed by atoms with E-state index in [4.69, 9.17) is 0 Å². The Kier molecular flexibility index (Phi) is 6.10. The highest BCUT2D eigenvalue weighted by Crippen LogP contribution is 2.28. The Morgan fingerprint density at radius 3 is 2.38 bits per heavy atom. The second-order valence-electron chi connectivity index (χ2n) is 7.92. The van der Waals surface area contributed by atoms with Crippen molar-refractivity contribution in [2.24, 2.45) is 5.92 Å². The molecule has 1 heterocycles. The number of rotatable bonds is 4. The maximum absolute atomic E-state index is 13.5. The van der Waals surface area contributed by atoms with Gasteiger partial charge in [0.15, 0.2) is 0 Å². The molecule has 1 aliphatic heterocycles. The van der Waals surface area contributed by atoms with Crippen LogP contribution in [0.15, 0.2) is 35.2 Å². The summed E-state index contributed by atoms with van der Waals surface area (Å²) < 4.78 is 41.5. The van der Waals surface area contributed by atoms with Gasteiger partial charge in [-0.1, -0.05) is 13.0 Å². The quantitative estimate of drug-likeness (QED) is 0.799. The fourth-order valence-electron chi connectivity index (χ4n) is 3.51. The van der Waals surface area contributed by atoms with Crippen LogP contribution < -0.4 is 5.32 Å². The fraction of sp³-hybridized carbons (Fsp3) is 0.409. The highest BCUT2D eigenvalue weighted by atomic mass is 32.2. The van der Waals surface area contributed by atoms with Gasteiger partial charge in [0.2, 0.25) is 10.0 Å². The summed E-state index contributed by atoms with van der Waals surface area (Å²) in [5, 5.41) is 2.69. The standard InChI is InChI=1S/C22H27FN2O3S/c1-14-7-9-25(10-8-14)29(27,28)21-12-18(11-16(3)17(21)4)22(26)24-20-13-19(23)6-5-15(20)2/h5-6,11-14H,7-10H2,1-4H3,(H,24,26). The Hall–Kier alpha value is -2.25. The van der Waals surface area contributed by atoms with Gasteiger partial charge in [-0.25, -0.2) is 12.8 Å². The normalized spacial score (nSPS) is 16.0. The van der Waals surface area contributed by atoms with Gasteiger partial charge in [0.1, 0.15) is 5.82 Å². The number of piperidine rings is 1. The highest BCUT2D eigenvalue weighted by molar-refractivity contribution is 7.89. The third-order valence-electron chi connectivity index (χ3n) is 5.69. The van der Waals surface area contributed by atoms with Crippen LogP contribution in [0.5, 0.6) is 0 Å². The van der Waals surface area contributed by atoms with Crippen LogP contribution in [0.25, 0.3) is 0 Å². The molecule has 0 spiro atoms. The van der Waals surface area contributed by atoms with E-state index in [0.29, 0.717) is 30.3 Å². The Morgan fingerprint density at radius 1 is 1.07 bits per heavy atom. The van der Waals surface area contributed by atoms with Gasteiger partial charge in [0.05, 0.1) is 4.90 Å². The van der Waals surface area contributed by atoms with Crippen molar-refractivity contribution < 1.29 is 17.6 Å². The number of benzene rings is 2. The first-order valence-corrected chi connectivity index (χ1v) is 11.2. The minimum atomic E-state index is -3.69. The molecule has 0 bridgehead atoms. The monoisotopic (exact) mass is 418 g/mol. The zero-order chi connectivity index (χ0) is 21.3. The lowest BCUT2D eigenvalue weighted by atomic mass is 10.0. The molecule has 1 N–H and O–H groups in total. The van der Waals surface area contributed by atoms with Crippen molar-refractivity contribution in [2.45, 2.75) is 45.4 Å². The second kappa shape index (κ2) is 8.24. The molecule has 29 heavy (non-hydrogen) atoms. The van der Waals surface area contributed by atoms with Crippen molar-refractivity contribution in [3.05, 3.63) is 58.4 Å². The molecule has 0 atom stereocenters. The van der Waals surface area contributed by atoms with Crippen LogP contribution in [-0.2, 0) is 10.0 Å². The summed E-state index contributed by atoms with van der Waals surface area (Å²) in [6, 6.07) is 7.25. The highest BCUT2D eigenvalue weighted by Gasteiger charge is 2.30. The first-order valence-electron chi connectivity index (χ1n) is 9.78. The molecule has 0 radical (unpaired) electrons. The molecule has 1 amide bonds. The first kappa shape index (κ1) is 21.5. The van der Waals surface area contributed by atoms with Crippen LogP contribution in [0.1, 0.15) is 46.8 Å². The average molecular weight is 419 g/mol. The molecule has 7 heteroatoms. The first-order chi connectivity index (χ1) is 13.6. The van der Waals surface area contributed by atoms with E-state index in [0.717, 1.165) is 24.0 Å². The number of aryl methyl sites for hydroxylation is 2. The van der Waals surface area contributed by atoms with Crippen molar-refractivity contribution in [1.82, 2.24) is 4.31 Å². The number of hydrogen-bond donors (Lipinski definition) is 1. The molecule has 1 fully saturated rings. The molecule has 0 aromatic heterocycles. The summed E-state index contributed by atoms with van der Waals surface area (Å²) in [7, 11) is -3.69. The van der Waals surface area contributed by atoms with Gasteiger partial charge in [-0.3, -0.25) is 4.79 Å². The SMILES string of the molecule is Cc1ccc(F)cc1NC(=O)c1cc(C)c(C)c(S(=O)(=O)N2CCC(C)CC2)c1. The van der Waals surface area contributed by atoms with Crippen LogP contribution in [0.4, 0.5) is 10.1 Å². The van der Waals surface area contributed by atoms with E-state index in [1.807, 2.05) is 0 Å². The van der Waals surface area contributed by atoms with Crippen molar-refractivity contribution in [2.75, 3.05) is 18.4 Å². The van der Waals surface area contributed by atoms with E-state index >= 15 is 0 Å². The van der Waals surface area contributed by atoms with Gasteiger partial charge in [-0.2, -0.15) is 4.31 Å². The molecule has 0 aliphatic carbocycles. The maximum Gasteiger partial charge on any atom is 0.255 e. The van der Waals surface area contributed by atoms with E-state index in [2.05, 4.69) is 12.2 Å². The Balaban J connectivity index is 1.95. The van der Waals surface area contributed by atoms with Crippen molar-refractivity contribution in [1.29, 1.82) is 0 Å². The van der Waals surface area contributed by atoms with Crippen LogP contribution >= 0.6 is 0 Å². The van der Waals surface area contributed by atoms with Crippen LogP contribution in [0, 0.1) is 32.5 Å². The molecule has 1 saturated heterocycles. The van der Waals surface area contributed by atoms with Gasteiger partial charge in [-0.15, -0.1) is 0 Å². The second-order valence-corrected chi connectivity index (χ2v) is 9.82. The van der Waals surface area contributed by atoms with Crippen molar-refractivity contribution >= 4 is 21.6 Å². The molecular weight excluding hydrogens is 391 g/mol. The fourth-order valence-corrected chi connectivity index (χ4v) is 5.31. The Labute approximate surface area is 172 Å². The van der Waals surface area contributed by atoms with Crippen LogP contribution in [0.2, 0.25) is 0 Å². The Morgan fingerprint density at radius 2 is 1.72 bits per heavy atom. The Bertz CT molecular complexity index is 1040. The largest absolute Gasteiger partial charge is 0.322 e. The van der Waals surface area contributed by atoms with E-state index in [1.165, 1.54) is 22.5 Å². The zero-order valence-corrected chi connectivity index (χ0v) is 18.1. The number of anilines is 1. The lowest BCUT2D eigenvalue weighted by Crippen LogP contribution is -2.38. The van der Waals surface area contributed by atoms with Gasteiger partial charge in [0.25, 0.3) is 5.91 Å². The van der Waals surface area contributed by atoms with Crippen LogP contribution in [0.3, 0.4) is 0 Å². The molecule has 1 aliphatic rings. The number of halogens is 1. The molecule has 2 aromatic carbocycles. The minimum Gasteiger partial charge on any atom is -0.322 e. The predicted octanol–water partition coefficient (Wildman–Crippen LogP) is 4.42. The summed E-state index contributed by atoms with van der Waals surface area (Å²) in [6.45, 7) is 8.41. The van der Waals surface area contributed by atoms with Gasteiger partial charge in [0, 0.05) is 24.3 Å². The molecule has 2 aromatic rings. The van der Waals surface area contributed by atoms with Gasteiger partial charge < -0.3 is 5.32 Å². The average Bonchev–Trinajstić information content (AvgIpc) is 2.66. The summed E-state index contributed by atoms with van der Waals surface area (Å²) in [5.74, 6) is -0.407. The summed E-state index contributed by atoms with van der Waals surface area (Å²) in [6.07, 6.45) is 1.66. The van der Waals surface area contributed by atoms with Gasteiger partial charge in [-0.05, 0) is 80.5 Å². The number of amides is 1. The molecule has 5 nitrogen and oxygen atoms in total. The third kappa shape index (κ3) is 4.51. The van der Waals surface area contributed by atoms with Crippen molar-refractivity contribution in [3.8, 4) is 0 Å².